The molecule has 2 rings (SSSR count). The zero-order chi connectivity index (χ0) is 13.2. The molecular weight excluding hydrogens is 288 g/mol. The molecule has 0 saturated carbocycles. The molecule has 1 aromatic rings. The summed E-state index contributed by atoms with van der Waals surface area (Å²) < 4.78 is 1.13. The van der Waals surface area contributed by atoms with Crippen LogP contribution in [0, 0.1) is 5.41 Å². The lowest BCUT2D eigenvalue weighted by molar-refractivity contribution is 0.0807. The minimum atomic E-state index is 0.359. The first-order chi connectivity index (χ1) is 8.52. The van der Waals surface area contributed by atoms with Crippen molar-refractivity contribution in [3.8, 4) is 0 Å². The van der Waals surface area contributed by atoms with Gasteiger partial charge in [-0.05, 0) is 42.5 Å². The minimum Gasteiger partial charge on any atom is -0.329 e. The fourth-order valence-corrected chi connectivity index (χ4v) is 3.18. The lowest BCUT2D eigenvalue weighted by atomic mass is 9.83. The van der Waals surface area contributed by atoms with E-state index >= 15 is 0 Å². The maximum atomic E-state index is 6.01. The first-order valence-corrected chi connectivity index (χ1v) is 7.51. The second-order valence-electron chi connectivity index (χ2n) is 6.04. The molecule has 2 N–H and O–H groups in total. The molecule has 18 heavy (non-hydrogen) atoms. The van der Waals surface area contributed by atoms with Crippen molar-refractivity contribution in [1.29, 1.82) is 0 Å². The van der Waals surface area contributed by atoms with Crippen LogP contribution in [0.15, 0.2) is 28.7 Å². The Labute approximate surface area is 119 Å². The van der Waals surface area contributed by atoms with Gasteiger partial charge in [-0.25, -0.2) is 0 Å². The van der Waals surface area contributed by atoms with Crippen LogP contribution < -0.4 is 5.73 Å². The number of nitrogens with zero attached hydrogens (tertiary/aromatic N) is 1. The van der Waals surface area contributed by atoms with Crippen LogP contribution in [-0.4, -0.2) is 24.5 Å². The van der Waals surface area contributed by atoms with Crippen LogP contribution in [0.2, 0.25) is 0 Å². The smallest absolute Gasteiger partial charge is 0.0470 e. The molecule has 1 unspecified atom stereocenters. The highest BCUT2D eigenvalue weighted by atomic mass is 79.9. The molecule has 1 aromatic carbocycles. The summed E-state index contributed by atoms with van der Waals surface area (Å²) >= 11 is 3.49. The summed E-state index contributed by atoms with van der Waals surface area (Å²) in [5.41, 5.74) is 7.76. The third-order valence-electron chi connectivity index (χ3n) is 3.85. The van der Waals surface area contributed by atoms with Gasteiger partial charge in [0, 0.05) is 23.6 Å². The molecule has 0 aliphatic carbocycles. The highest BCUT2D eigenvalue weighted by Crippen LogP contribution is 2.33. The number of hydrogen-bond acceptors (Lipinski definition) is 2. The van der Waals surface area contributed by atoms with Gasteiger partial charge in [0.25, 0.3) is 0 Å². The SMILES string of the molecule is CC1(C)CCCN(C(CN)c2ccc(Br)cc2)C1. The number of hydrogen-bond donors (Lipinski definition) is 1. The molecular formula is C15H23BrN2. The van der Waals surface area contributed by atoms with Crippen molar-refractivity contribution in [2.75, 3.05) is 19.6 Å². The van der Waals surface area contributed by atoms with Crippen LogP contribution in [0.1, 0.15) is 38.3 Å². The number of rotatable bonds is 3. The highest BCUT2D eigenvalue weighted by molar-refractivity contribution is 9.10. The summed E-state index contributed by atoms with van der Waals surface area (Å²) in [6.07, 6.45) is 2.60. The van der Waals surface area contributed by atoms with Crippen molar-refractivity contribution >= 4 is 15.9 Å². The maximum Gasteiger partial charge on any atom is 0.0470 e. The van der Waals surface area contributed by atoms with E-state index in [2.05, 4.69) is 58.9 Å². The van der Waals surface area contributed by atoms with E-state index in [-0.39, 0.29) is 0 Å². The van der Waals surface area contributed by atoms with Crippen LogP contribution in [0.25, 0.3) is 0 Å². The van der Waals surface area contributed by atoms with Crippen molar-refractivity contribution in [2.24, 2.45) is 11.1 Å². The summed E-state index contributed by atoms with van der Waals surface area (Å²) in [4.78, 5) is 2.55. The molecule has 0 radical (unpaired) electrons. The molecule has 1 heterocycles. The van der Waals surface area contributed by atoms with Crippen LogP contribution in [0.4, 0.5) is 0 Å². The average Bonchev–Trinajstić information content (AvgIpc) is 2.31. The zero-order valence-electron chi connectivity index (χ0n) is 11.3. The Morgan fingerprint density at radius 3 is 2.56 bits per heavy atom. The van der Waals surface area contributed by atoms with Crippen LogP contribution in [0.5, 0.6) is 0 Å². The normalized spacial score (nSPS) is 21.8. The predicted molar refractivity (Wildman–Crippen MR) is 80.5 cm³/mol. The average molecular weight is 311 g/mol. The second-order valence-corrected chi connectivity index (χ2v) is 6.96. The molecule has 1 aliphatic rings. The third kappa shape index (κ3) is 3.34. The van der Waals surface area contributed by atoms with Crippen molar-refractivity contribution in [3.63, 3.8) is 0 Å². The molecule has 100 valence electrons. The van der Waals surface area contributed by atoms with Gasteiger partial charge >= 0.3 is 0 Å². The second kappa shape index (κ2) is 5.72. The first kappa shape index (κ1) is 14.0. The monoisotopic (exact) mass is 310 g/mol. The Balaban J connectivity index is 2.15. The van der Waals surface area contributed by atoms with E-state index in [1.165, 1.54) is 24.9 Å². The molecule has 0 amide bonds. The predicted octanol–water partition coefficient (Wildman–Crippen LogP) is 3.57. The zero-order valence-corrected chi connectivity index (χ0v) is 12.9. The molecule has 0 bridgehead atoms. The Morgan fingerprint density at radius 2 is 2.00 bits per heavy atom. The Kier molecular flexibility index (Phi) is 4.46. The van der Waals surface area contributed by atoms with Crippen molar-refractivity contribution < 1.29 is 0 Å². The van der Waals surface area contributed by atoms with Gasteiger partial charge in [-0.2, -0.15) is 0 Å². The van der Waals surface area contributed by atoms with Gasteiger partial charge < -0.3 is 5.73 Å². The van der Waals surface area contributed by atoms with Gasteiger partial charge in [0.1, 0.15) is 0 Å². The number of halogens is 1. The maximum absolute atomic E-state index is 6.01. The van der Waals surface area contributed by atoms with E-state index < -0.39 is 0 Å². The molecule has 0 aromatic heterocycles. The summed E-state index contributed by atoms with van der Waals surface area (Å²) in [5.74, 6) is 0. The van der Waals surface area contributed by atoms with E-state index in [9.17, 15) is 0 Å². The highest BCUT2D eigenvalue weighted by Gasteiger charge is 2.30. The largest absolute Gasteiger partial charge is 0.329 e. The molecule has 1 saturated heterocycles. The molecule has 1 fully saturated rings. The van der Waals surface area contributed by atoms with E-state index in [0.717, 1.165) is 11.0 Å². The molecule has 0 spiro atoms. The molecule has 3 heteroatoms. The molecule has 1 aliphatic heterocycles. The van der Waals surface area contributed by atoms with Gasteiger partial charge in [0.2, 0.25) is 0 Å². The van der Waals surface area contributed by atoms with Crippen LogP contribution in [-0.2, 0) is 0 Å². The standard InChI is InChI=1S/C15H23BrN2/c1-15(2)8-3-9-18(11-15)14(10-17)12-4-6-13(16)7-5-12/h4-7,14H,3,8-11,17H2,1-2H3. The quantitative estimate of drug-likeness (QED) is 0.924. The van der Waals surface area contributed by atoms with E-state index in [4.69, 9.17) is 5.73 Å². The Bertz CT molecular complexity index is 386. The van der Waals surface area contributed by atoms with E-state index in [1.54, 1.807) is 0 Å². The number of piperidine rings is 1. The number of benzene rings is 1. The third-order valence-corrected chi connectivity index (χ3v) is 4.38. The number of nitrogens with two attached hydrogens (primary N) is 1. The Morgan fingerprint density at radius 1 is 1.33 bits per heavy atom. The van der Waals surface area contributed by atoms with Gasteiger partial charge in [0.05, 0.1) is 0 Å². The summed E-state index contributed by atoms with van der Waals surface area (Å²) in [6, 6.07) is 8.93. The van der Waals surface area contributed by atoms with Crippen molar-refractivity contribution in [2.45, 2.75) is 32.7 Å². The molecule has 2 nitrogen and oxygen atoms in total. The molecule has 1 atom stereocenters. The summed E-state index contributed by atoms with van der Waals surface area (Å²) in [5, 5.41) is 0. The number of likely N-dealkylation sites (tertiary alicyclic amines) is 1. The summed E-state index contributed by atoms with van der Waals surface area (Å²) in [7, 11) is 0. The fraction of sp³-hybridized carbons (Fsp3) is 0.600. The van der Waals surface area contributed by atoms with Crippen LogP contribution >= 0.6 is 15.9 Å². The van der Waals surface area contributed by atoms with Gasteiger partial charge in [-0.15, -0.1) is 0 Å². The van der Waals surface area contributed by atoms with Crippen molar-refractivity contribution in [1.82, 2.24) is 4.90 Å². The lowest BCUT2D eigenvalue weighted by Gasteiger charge is -2.42. The van der Waals surface area contributed by atoms with E-state index in [1.807, 2.05) is 0 Å². The topological polar surface area (TPSA) is 29.3 Å². The van der Waals surface area contributed by atoms with Gasteiger partial charge in [-0.3, -0.25) is 4.90 Å². The summed E-state index contributed by atoms with van der Waals surface area (Å²) in [6.45, 7) is 7.71. The van der Waals surface area contributed by atoms with Gasteiger partial charge in [0.15, 0.2) is 0 Å². The van der Waals surface area contributed by atoms with E-state index in [0.29, 0.717) is 18.0 Å². The Hall–Kier alpha value is -0.380. The van der Waals surface area contributed by atoms with Crippen LogP contribution in [0.3, 0.4) is 0 Å². The first-order valence-electron chi connectivity index (χ1n) is 6.71. The van der Waals surface area contributed by atoms with Gasteiger partial charge in [-0.1, -0.05) is 41.9 Å². The minimum absolute atomic E-state index is 0.359. The fourth-order valence-electron chi connectivity index (χ4n) is 2.92. The van der Waals surface area contributed by atoms with Crippen molar-refractivity contribution in [3.05, 3.63) is 34.3 Å². The lowest BCUT2D eigenvalue weighted by Crippen LogP contribution is -2.44.